The maximum absolute atomic E-state index is 6.07. The molecule has 2 aromatic carbocycles. The lowest BCUT2D eigenvalue weighted by molar-refractivity contribution is 0.102. The van der Waals surface area contributed by atoms with E-state index in [1.165, 1.54) is 33.4 Å². The first-order chi connectivity index (χ1) is 13.3. The van der Waals surface area contributed by atoms with Gasteiger partial charge in [-0.15, -0.1) is 13.2 Å². The van der Waals surface area contributed by atoms with Crippen LogP contribution in [0, 0.1) is 0 Å². The van der Waals surface area contributed by atoms with Crippen LogP contribution in [0.4, 0.5) is 0 Å². The molecule has 4 atom stereocenters. The van der Waals surface area contributed by atoms with Crippen molar-refractivity contribution in [2.24, 2.45) is 0 Å². The molecule has 2 fully saturated rings. The largest absolute Gasteiger partial charge is 0.376 e. The molecule has 4 aliphatic heterocycles. The summed E-state index contributed by atoms with van der Waals surface area (Å²) in [6.07, 6.45) is 6.15. The molecule has 0 spiro atoms. The molecule has 0 aromatic heterocycles. The highest BCUT2D eigenvalue weighted by Gasteiger charge is 2.45. The predicted molar refractivity (Wildman–Crippen MR) is 106 cm³/mol. The maximum atomic E-state index is 6.07. The molecule has 2 saturated heterocycles. The van der Waals surface area contributed by atoms with E-state index < -0.39 is 0 Å². The molecule has 2 bridgehead atoms. The van der Waals surface area contributed by atoms with Crippen LogP contribution in [0.15, 0.2) is 61.7 Å². The van der Waals surface area contributed by atoms with Crippen molar-refractivity contribution < 1.29 is 14.2 Å². The third kappa shape index (κ3) is 3.06. The van der Waals surface area contributed by atoms with E-state index in [4.69, 9.17) is 14.2 Å². The van der Waals surface area contributed by atoms with Crippen LogP contribution in [0.5, 0.6) is 0 Å². The Labute approximate surface area is 160 Å². The van der Waals surface area contributed by atoms with Crippen LogP contribution in [-0.4, -0.2) is 25.4 Å². The lowest BCUT2D eigenvalue weighted by Gasteiger charge is -2.17. The fourth-order valence-electron chi connectivity index (χ4n) is 4.26. The van der Waals surface area contributed by atoms with E-state index in [9.17, 15) is 0 Å². The van der Waals surface area contributed by atoms with Crippen molar-refractivity contribution in [2.45, 2.75) is 37.3 Å². The highest BCUT2D eigenvalue weighted by Crippen LogP contribution is 2.47. The van der Waals surface area contributed by atoms with E-state index in [0.717, 1.165) is 12.8 Å². The van der Waals surface area contributed by atoms with Crippen molar-refractivity contribution in [1.82, 2.24) is 0 Å². The molecule has 138 valence electrons. The summed E-state index contributed by atoms with van der Waals surface area (Å²) >= 11 is 0. The Morgan fingerprint density at radius 1 is 0.852 bits per heavy atom. The monoisotopic (exact) mass is 360 g/mol. The zero-order valence-corrected chi connectivity index (χ0v) is 15.4. The first-order valence-corrected chi connectivity index (χ1v) is 9.65. The SMILES string of the molecule is C=CCc1ccc2c(c1CC=C)C1OC1COCC1OC1c1ccc-2cc1. The Morgan fingerprint density at radius 3 is 2.30 bits per heavy atom. The highest BCUT2D eigenvalue weighted by atomic mass is 16.6. The minimum absolute atomic E-state index is 0.0797. The minimum Gasteiger partial charge on any atom is -0.376 e. The number of ether oxygens (including phenoxy) is 3. The fraction of sp³-hybridized carbons (Fsp3) is 0.333. The third-order valence-corrected chi connectivity index (χ3v) is 5.73. The van der Waals surface area contributed by atoms with E-state index in [-0.39, 0.29) is 24.4 Å². The van der Waals surface area contributed by atoms with Crippen molar-refractivity contribution in [3.63, 3.8) is 0 Å². The van der Waals surface area contributed by atoms with Crippen LogP contribution in [-0.2, 0) is 27.1 Å². The summed E-state index contributed by atoms with van der Waals surface area (Å²) in [5.74, 6) is 0. The number of epoxide rings is 2. The van der Waals surface area contributed by atoms with Gasteiger partial charge in [0.1, 0.15) is 24.4 Å². The quantitative estimate of drug-likeness (QED) is 0.584. The molecule has 4 aliphatic rings. The third-order valence-electron chi connectivity index (χ3n) is 5.73. The second-order valence-electron chi connectivity index (χ2n) is 7.50. The predicted octanol–water partition coefficient (Wildman–Crippen LogP) is 4.72. The number of hydrogen-bond donors (Lipinski definition) is 0. The van der Waals surface area contributed by atoms with Crippen molar-refractivity contribution in [3.8, 4) is 11.1 Å². The molecule has 0 radical (unpaired) electrons. The maximum Gasteiger partial charge on any atom is 0.112 e. The summed E-state index contributed by atoms with van der Waals surface area (Å²) in [4.78, 5) is 0. The topological polar surface area (TPSA) is 34.3 Å². The second kappa shape index (κ2) is 6.75. The molecule has 27 heavy (non-hydrogen) atoms. The number of rotatable bonds is 4. The summed E-state index contributed by atoms with van der Waals surface area (Å²) in [7, 11) is 0. The zero-order chi connectivity index (χ0) is 18.4. The van der Waals surface area contributed by atoms with Crippen LogP contribution >= 0.6 is 0 Å². The number of hydrogen-bond acceptors (Lipinski definition) is 3. The van der Waals surface area contributed by atoms with Gasteiger partial charge in [0, 0.05) is 0 Å². The van der Waals surface area contributed by atoms with Gasteiger partial charge in [0.25, 0.3) is 0 Å². The summed E-state index contributed by atoms with van der Waals surface area (Å²) < 4.78 is 17.7. The number of fused-ring (bicyclic) bond motifs is 4. The Bertz CT molecular complexity index is 883. The molecular formula is C24H24O3. The van der Waals surface area contributed by atoms with Gasteiger partial charge in [0.2, 0.25) is 0 Å². The number of benzene rings is 2. The van der Waals surface area contributed by atoms with Gasteiger partial charge in [-0.2, -0.15) is 0 Å². The summed E-state index contributed by atoms with van der Waals surface area (Å²) in [5.41, 5.74) is 7.59. The normalized spacial score (nSPS) is 27.9. The van der Waals surface area contributed by atoms with Gasteiger partial charge in [-0.1, -0.05) is 48.6 Å². The van der Waals surface area contributed by atoms with Gasteiger partial charge < -0.3 is 14.2 Å². The lowest BCUT2D eigenvalue weighted by atomic mass is 9.86. The molecule has 3 nitrogen and oxygen atoms in total. The van der Waals surface area contributed by atoms with Crippen LogP contribution in [0.3, 0.4) is 0 Å². The van der Waals surface area contributed by atoms with E-state index in [1.807, 2.05) is 12.2 Å². The second-order valence-corrected chi connectivity index (χ2v) is 7.50. The molecule has 0 aliphatic carbocycles. The molecular weight excluding hydrogens is 336 g/mol. The Kier molecular flexibility index (Phi) is 4.24. The molecule has 6 rings (SSSR count). The van der Waals surface area contributed by atoms with Crippen LogP contribution in [0.1, 0.15) is 34.5 Å². The van der Waals surface area contributed by atoms with Gasteiger partial charge in [0.05, 0.1) is 13.2 Å². The summed E-state index contributed by atoms with van der Waals surface area (Å²) in [5, 5.41) is 0. The Morgan fingerprint density at radius 2 is 1.56 bits per heavy atom. The van der Waals surface area contributed by atoms with Crippen molar-refractivity contribution in [3.05, 3.63) is 84.0 Å². The van der Waals surface area contributed by atoms with E-state index >= 15 is 0 Å². The van der Waals surface area contributed by atoms with Gasteiger partial charge in [0.15, 0.2) is 0 Å². The van der Waals surface area contributed by atoms with Crippen molar-refractivity contribution in [1.29, 1.82) is 0 Å². The fourth-order valence-corrected chi connectivity index (χ4v) is 4.26. The smallest absolute Gasteiger partial charge is 0.112 e. The molecule has 0 saturated carbocycles. The highest BCUT2D eigenvalue weighted by molar-refractivity contribution is 5.71. The Hall–Kier alpha value is -2.20. The number of allylic oxidation sites excluding steroid dienone is 2. The van der Waals surface area contributed by atoms with Crippen molar-refractivity contribution in [2.75, 3.05) is 13.2 Å². The molecule has 4 heterocycles. The molecule has 0 amide bonds. The average Bonchev–Trinajstić information content (AvgIpc) is 3.60. The molecule has 2 aromatic rings. The standard InChI is InChI=1S/C24H24O3/c1-3-5-15-11-12-19-16-7-9-17(10-8-16)23-20(26-23)13-25-14-21-24(27-21)22(19)18(15)6-4-2/h3-4,7-12,20-21,23-24H,1-2,5-6,13-14H2. The Balaban J connectivity index is 1.65. The zero-order valence-electron chi connectivity index (χ0n) is 15.4. The van der Waals surface area contributed by atoms with Crippen LogP contribution in [0.25, 0.3) is 11.1 Å². The van der Waals surface area contributed by atoms with E-state index in [0.29, 0.717) is 13.2 Å². The van der Waals surface area contributed by atoms with Crippen LogP contribution < -0.4 is 0 Å². The summed E-state index contributed by atoms with van der Waals surface area (Å²) in [6.45, 7) is 9.14. The van der Waals surface area contributed by atoms with E-state index in [1.54, 1.807) is 0 Å². The first-order valence-electron chi connectivity index (χ1n) is 9.65. The lowest BCUT2D eigenvalue weighted by Crippen LogP contribution is -2.09. The molecule has 0 N–H and O–H groups in total. The minimum atomic E-state index is 0.0797. The first kappa shape index (κ1) is 16.9. The van der Waals surface area contributed by atoms with Crippen LogP contribution in [0.2, 0.25) is 0 Å². The van der Waals surface area contributed by atoms with Gasteiger partial charge >= 0.3 is 0 Å². The van der Waals surface area contributed by atoms with Gasteiger partial charge in [-0.3, -0.25) is 0 Å². The summed E-state index contributed by atoms with van der Waals surface area (Å²) in [6, 6.07) is 13.2. The average molecular weight is 360 g/mol. The van der Waals surface area contributed by atoms with E-state index in [2.05, 4.69) is 49.6 Å². The molecule has 4 unspecified atom stereocenters. The van der Waals surface area contributed by atoms with Gasteiger partial charge in [-0.25, -0.2) is 0 Å². The van der Waals surface area contributed by atoms with Gasteiger partial charge in [-0.05, 0) is 46.2 Å². The van der Waals surface area contributed by atoms with Crippen molar-refractivity contribution >= 4 is 0 Å². The molecule has 3 heteroatoms.